The van der Waals surface area contributed by atoms with E-state index in [1.807, 2.05) is 0 Å². The number of hydrogen-bond donors (Lipinski definition) is 0. The minimum atomic E-state index is -4.64. The van der Waals surface area contributed by atoms with E-state index in [0.29, 0.717) is 4.31 Å². The van der Waals surface area contributed by atoms with Crippen molar-refractivity contribution in [3.05, 3.63) is 24.3 Å². The fourth-order valence-electron chi connectivity index (χ4n) is 2.07. The molecule has 10 heteroatoms. The van der Waals surface area contributed by atoms with Crippen molar-refractivity contribution < 1.29 is 31.2 Å². The molecule has 27 heavy (non-hydrogen) atoms. The molecule has 0 bridgehead atoms. The Balaban J connectivity index is 3.59. The largest absolute Gasteiger partial charge is 0.432 e. The highest BCUT2D eigenvalue weighted by atomic mass is 32.2. The number of rotatable bonds is 3. The summed E-state index contributed by atoms with van der Waals surface area (Å²) in [7, 11) is -8.53. The van der Waals surface area contributed by atoms with E-state index in [1.165, 1.54) is 53.7 Å². The van der Waals surface area contributed by atoms with Crippen molar-refractivity contribution in [2.75, 3.05) is 6.26 Å². The Kier molecular flexibility index (Phi) is 6.19. The first kappa shape index (κ1) is 23.1. The Labute approximate surface area is 160 Å². The van der Waals surface area contributed by atoms with Gasteiger partial charge in [0.25, 0.3) is 10.0 Å². The molecule has 0 aromatic heterocycles. The molecule has 0 radical (unpaired) electrons. The number of esters is 1. The van der Waals surface area contributed by atoms with Crippen LogP contribution >= 0.6 is 0 Å². The Morgan fingerprint density at radius 1 is 0.889 bits per heavy atom. The van der Waals surface area contributed by atoms with Gasteiger partial charge in [0.15, 0.2) is 9.84 Å². The maximum Gasteiger partial charge on any atom is 0.432 e. The molecule has 0 aliphatic heterocycles. The van der Waals surface area contributed by atoms with Gasteiger partial charge in [0.1, 0.15) is 4.90 Å². The molecule has 1 rings (SSSR count). The van der Waals surface area contributed by atoms with Crippen molar-refractivity contribution in [3.63, 3.8) is 0 Å². The smallest absolute Gasteiger partial charge is 0.375 e. The summed E-state index contributed by atoms with van der Waals surface area (Å²) in [6.45, 7) is 8.82. The van der Waals surface area contributed by atoms with Crippen molar-refractivity contribution in [1.82, 2.24) is 4.31 Å². The summed E-state index contributed by atoms with van der Waals surface area (Å²) in [5.74, 6) is -0.909. The third-order valence-corrected chi connectivity index (χ3v) is 6.71. The predicted octanol–water partition coefficient (Wildman–Crippen LogP) is 2.59. The van der Waals surface area contributed by atoms with Gasteiger partial charge in [-0.25, -0.2) is 21.6 Å². The lowest BCUT2D eigenvalue weighted by molar-refractivity contribution is -0.146. The second-order valence-corrected chi connectivity index (χ2v) is 11.8. The number of benzene rings is 1. The average molecular weight is 420 g/mol. The number of amides is 1. The predicted molar refractivity (Wildman–Crippen MR) is 99.3 cm³/mol. The number of ether oxygens (including phenoxy) is 1. The standard InChI is InChI=1S/C17H25NO7S2/c1-16(2,3)14(19)25-15(20)18(17(4,5)6)27(23,24)13-11-9-8-10-12(13)26(7,21)22/h8-11H,1-7H3. The molecular formula is C17H25NO7S2. The average Bonchev–Trinajstić information content (AvgIpc) is 2.43. The molecule has 0 N–H and O–H groups in total. The third-order valence-electron chi connectivity index (χ3n) is 3.33. The maximum absolute atomic E-state index is 13.2. The van der Waals surface area contributed by atoms with Crippen molar-refractivity contribution in [3.8, 4) is 0 Å². The molecule has 0 unspecified atom stereocenters. The molecule has 0 saturated heterocycles. The first-order chi connectivity index (χ1) is 11.9. The lowest BCUT2D eigenvalue weighted by atomic mass is 9.97. The number of hydrogen-bond acceptors (Lipinski definition) is 7. The quantitative estimate of drug-likeness (QED) is 0.546. The molecular weight excluding hydrogens is 394 g/mol. The topological polar surface area (TPSA) is 115 Å². The zero-order chi connectivity index (χ0) is 21.4. The molecule has 0 fully saturated rings. The van der Waals surface area contributed by atoms with Crippen LogP contribution < -0.4 is 0 Å². The van der Waals surface area contributed by atoms with Crippen LogP contribution in [0, 0.1) is 5.41 Å². The molecule has 8 nitrogen and oxygen atoms in total. The van der Waals surface area contributed by atoms with E-state index in [2.05, 4.69) is 0 Å². The summed E-state index contributed by atoms with van der Waals surface area (Å²) in [4.78, 5) is 23.6. The molecule has 1 aromatic rings. The lowest BCUT2D eigenvalue weighted by Gasteiger charge is -2.34. The second-order valence-electron chi connectivity index (χ2n) is 8.06. The fourth-order valence-corrected chi connectivity index (χ4v) is 5.33. The van der Waals surface area contributed by atoms with Gasteiger partial charge in [-0.15, -0.1) is 0 Å². The van der Waals surface area contributed by atoms with Crippen LogP contribution in [-0.2, 0) is 29.4 Å². The van der Waals surface area contributed by atoms with Crippen LogP contribution in [0.15, 0.2) is 34.1 Å². The van der Waals surface area contributed by atoms with Crippen LogP contribution in [0.4, 0.5) is 4.79 Å². The Bertz CT molecular complexity index is 950. The van der Waals surface area contributed by atoms with Crippen LogP contribution in [0.2, 0.25) is 0 Å². The minimum Gasteiger partial charge on any atom is -0.375 e. The molecule has 0 aliphatic rings. The molecule has 0 heterocycles. The van der Waals surface area contributed by atoms with Gasteiger partial charge in [0.05, 0.1) is 15.8 Å². The van der Waals surface area contributed by atoms with Crippen LogP contribution in [0.1, 0.15) is 41.5 Å². The van der Waals surface area contributed by atoms with Crippen molar-refractivity contribution >= 4 is 31.9 Å². The highest BCUT2D eigenvalue weighted by molar-refractivity contribution is 7.93. The second kappa shape index (κ2) is 7.23. The minimum absolute atomic E-state index is 0.383. The van der Waals surface area contributed by atoms with Crippen molar-refractivity contribution in [2.45, 2.75) is 56.9 Å². The summed E-state index contributed by atoms with van der Waals surface area (Å²) < 4.78 is 55.5. The number of nitrogens with zero attached hydrogens (tertiary/aromatic N) is 1. The molecule has 0 spiro atoms. The van der Waals surface area contributed by atoms with E-state index >= 15 is 0 Å². The van der Waals surface area contributed by atoms with E-state index in [0.717, 1.165) is 18.4 Å². The molecule has 0 saturated carbocycles. The Morgan fingerprint density at radius 3 is 1.70 bits per heavy atom. The zero-order valence-electron chi connectivity index (χ0n) is 16.4. The molecule has 0 atom stereocenters. The van der Waals surface area contributed by atoms with E-state index < -0.39 is 52.7 Å². The van der Waals surface area contributed by atoms with Crippen molar-refractivity contribution in [2.24, 2.45) is 5.41 Å². The number of sulfonamides is 1. The van der Waals surface area contributed by atoms with Crippen LogP contribution in [-0.4, -0.2) is 45.0 Å². The van der Waals surface area contributed by atoms with Gasteiger partial charge in [0, 0.05) is 6.26 Å². The van der Waals surface area contributed by atoms with Gasteiger partial charge >= 0.3 is 12.1 Å². The maximum atomic E-state index is 13.2. The third kappa shape index (κ3) is 5.29. The SMILES string of the molecule is CC(C)(C)C(=O)OC(=O)N(C(C)(C)C)S(=O)(=O)c1ccccc1S(C)(=O)=O. The van der Waals surface area contributed by atoms with E-state index in [4.69, 9.17) is 4.74 Å². The van der Waals surface area contributed by atoms with Crippen LogP contribution in [0.3, 0.4) is 0 Å². The van der Waals surface area contributed by atoms with Gasteiger partial charge in [-0.3, -0.25) is 4.79 Å². The highest BCUT2D eigenvalue weighted by Crippen LogP contribution is 2.30. The monoisotopic (exact) mass is 419 g/mol. The van der Waals surface area contributed by atoms with Crippen molar-refractivity contribution in [1.29, 1.82) is 0 Å². The molecule has 1 aromatic carbocycles. The summed E-state index contributed by atoms with van der Waals surface area (Å²) in [5, 5.41) is 0. The van der Waals surface area contributed by atoms with Gasteiger partial charge in [-0.1, -0.05) is 12.1 Å². The first-order valence-corrected chi connectivity index (χ1v) is 11.3. The van der Waals surface area contributed by atoms with Crippen LogP contribution in [0.5, 0.6) is 0 Å². The molecule has 1 amide bonds. The molecule has 152 valence electrons. The summed E-state index contributed by atoms with van der Waals surface area (Å²) in [6.07, 6.45) is -0.532. The number of carbonyl (C=O) groups excluding carboxylic acids is 2. The summed E-state index contributed by atoms with van der Waals surface area (Å²) in [6, 6.07) is 4.93. The summed E-state index contributed by atoms with van der Waals surface area (Å²) in [5.41, 5.74) is -2.35. The van der Waals surface area contributed by atoms with E-state index in [9.17, 15) is 26.4 Å². The van der Waals surface area contributed by atoms with E-state index in [-0.39, 0.29) is 0 Å². The highest BCUT2D eigenvalue weighted by Gasteiger charge is 2.43. The fraction of sp³-hybridized carbons (Fsp3) is 0.529. The van der Waals surface area contributed by atoms with Gasteiger partial charge < -0.3 is 4.74 Å². The first-order valence-electron chi connectivity index (χ1n) is 8.01. The number of carbonyl (C=O) groups is 2. The normalized spacial score (nSPS) is 13.1. The summed E-state index contributed by atoms with van der Waals surface area (Å²) >= 11 is 0. The van der Waals surface area contributed by atoms with E-state index in [1.54, 1.807) is 0 Å². The molecule has 0 aliphatic carbocycles. The Hall–Kier alpha value is -1.94. The van der Waals surface area contributed by atoms with Gasteiger partial charge in [-0.05, 0) is 53.7 Å². The zero-order valence-corrected chi connectivity index (χ0v) is 18.1. The van der Waals surface area contributed by atoms with Gasteiger partial charge in [-0.2, -0.15) is 4.31 Å². The Morgan fingerprint density at radius 2 is 1.33 bits per heavy atom. The lowest BCUT2D eigenvalue weighted by Crippen LogP contribution is -2.50. The van der Waals surface area contributed by atoms with Gasteiger partial charge in [0.2, 0.25) is 0 Å². The number of sulfone groups is 1. The van der Waals surface area contributed by atoms with Crippen LogP contribution in [0.25, 0.3) is 0 Å².